The molecule has 0 saturated heterocycles. The molecule has 1 heterocycles. The van der Waals surface area contributed by atoms with Crippen LogP contribution < -0.4 is 5.32 Å². The van der Waals surface area contributed by atoms with Crippen molar-refractivity contribution in [1.29, 1.82) is 0 Å². The third kappa shape index (κ3) is 3.63. The number of halogens is 1. The molecule has 0 bridgehead atoms. The van der Waals surface area contributed by atoms with Crippen molar-refractivity contribution in [2.75, 3.05) is 11.9 Å². The highest BCUT2D eigenvalue weighted by molar-refractivity contribution is 7.14. The lowest BCUT2D eigenvalue weighted by Gasteiger charge is -2.03. The lowest BCUT2D eigenvalue weighted by atomic mass is 10.1. The van der Waals surface area contributed by atoms with Gasteiger partial charge in [0.25, 0.3) is 5.91 Å². The van der Waals surface area contributed by atoms with Gasteiger partial charge in [0.1, 0.15) is 5.82 Å². The Bertz CT molecular complexity index is 685. The molecule has 5 nitrogen and oxygen atoms in total. The molecule has 7 heteroatoms. The topological polar surface area (TPSA) is 68.3 Å². The highest BCUT2D eigenvalue weighted by Crippen LogP contribution is 2.18. The molecule has 0 aliphatic carbocycles. The summed E-state index contributed by atoms with van der Waals surface area (Å²) in [4.78, 5) is 27.4. The first-order chi connectivity index (χ1) is 10.0. The van der Waals surface area contributed by atoms with Crippen LogP contribution in [0.2, 0.25) is 0 Å². The van der Waals surface area contributed by atoms with Crippen LogP contribution in [0.4, 0.5) is 9.52 Å². The highest BCUT2D eigenvalue weighted by atomic mass is 32.1. The van der Waals surface area contributed by atoms with Crippen LogP contribution in [0.3, 0.4) is 0 Å². The van der Waals surface area contributed by atoms with Crippen LogP contribution in [-0.2, 0) is 4.74 Å². The molecule has 0 saturated carbocycles. The second-order valence-corrected chi connectivity index (χ2v) is 5.03. The van der Waals surface area contributed by atoms with Crippen molar-refractivity contribution in [2.24, 2.45) is 0 Å². The number of aromatic nitrogens is 1. The zero-order valence-corrected chi connectivity index (χ0v) is 12.3. The van der Waals surface area contributed by atoms with Gasteiger partial charge in [-0.3, -0.25) is 10.1 Å². The predicted octanol–water partition coefficient (Wildman–Crippen LogP) is 3.02. The summed E-state index contributed by atoms with van der Waals surface area (Å²) in [6, 6.07) is 4.20. The van der Waals surface area contributed by atoms with E-state index >= 15 is 0 Å². The minimum atomic E-state index is -0.546. The van der Waals surface area contributed by atoms with Crippen LogP contribution in [0.25, 0.3) is 0 Å². The van der Waals surface area contributed by atoms with Gasteiger partial charge in [0.15, 0.2) is 10.8 Å². The highest BCUT2D eigenvalue weighted by Gasteiger charge is 2.14. The molecule has 0 atom stereocenters. The molecule has 110 valence electrons. The summed E-state index contributed by atoms with van der Waals surface area (Å²) in [6.07, 6.45) is 0. The zero-order valence-electron chi connectivity index (χ0n) is 11.5. The van der Waals surface area contributed by atoms with E-state index in [2.05, 4.69) is 10.3 Å². The van der Waals surface area contributed by atoms with Crippen molar-refractivity contribution in [3.8, 4) is 0 Å². The summed E-state index contributed by atoms with van der Waals surface area (Å²) < 4.78 is 18.2. The van der Waals surface area contributed by atoms with Crippen molar-refractivity contribution in [3.05, 3.63) is 46.2 Å². The molecule has 0 fully saturated rings. The SMILES string of the molecule is CCOC(=O)c1csc(NC(=O)c2ccc(C)c(F)c2)n1. The van der Waals surface area contributed by atoms with Gasteiger partial charge in [-0.15, -0.1) is 11.3 Å². The largest absolute Gasteiger partial charge is 0.461 e. The fourth-order valence-electron chi connectivity index (χ4n) is 1.53. The van der Waals surface area contributed by atoms with Gasteiger partial charge in [0.2, 0.25) is 0 Å². The molecular formula is C14H13FN2O3S. The fraction of sp³-hybridized carbons (Fsp3) is 0.214. The van der Waals surface area contributed by atoms with E-state index in [9.17, 15) is 14.0 Å². The number of hydrogen-bond acceptors (Lipinski definition) is 5. The Morgan fingerprint density at radius 3 is 2.86 bits per heavy atom. The van der Waals surface area contributed by atoms with Crippen molar-refractivity contribution < 1.29 is 18.7 Å². The molecule has 2 aromatic rings. The number of ether oxygens (including phenoxy) is 1. The monoisotopic (exact) mass is 308 g/mol. The number of esters is 1. The van der Waals surface area contributed by atoms with Crippen LogP contribution in [0.5, 0.6) is 0 Å². The molecule has 1 aromatic carbocycles. The lowest BCUT2D eigenvalue weighted by Crippen LogP contribution is -2.12. The molecule has 1 amide bonds. The summed E-state index contributed by atoms with van der Waals surface area (Å²) in [6.45, 7) is 3.56. The first kappa shape index (κ1) is 15.1. The Balaban J connectivity index is 2.09. The molecule has 0 aliphatic rings. The summed E-state index contributed by atoms with van der Waals surface area (Å²) in [5.74, 6) is -1.48. The maximum atomic E-state index is 13.4. The number of anilines is 1. The van der Waals surface area contributed by atoms with Crippen LogP contribution in [-0.4, -0.2) is 23.5 Å². The maximum Gasteiger partial charge on any atom is 0.357 e. The van der Waals surface area contributed by atoms with Gasteiger partial charge >= 0.3 is 5.97 Å². The van der Waals surface area contributed by atoms with Crippen LogP contribution in [0, 0.1) is 12.7 Å². The normalized spacial score (nSPS) is 10.2. The number of rotatable bonds is 4. The number of amides is 1. The molecule has 0 spiro atoms. The van der Waals surface area contributed by atoms with Gasteiger partial charge in [-0.25, -0.2) is 14.2 Å². The average molecular weight is 308 g/mol. The Morgan fingerprint density at radius 2 is 2.19 bits per heavy atom. The van der Waals surface area contributed by atoms with Crippen LogP contribution >= 0.6 is 11.3 Å². The molecule has 2 rings (SSSR count). The summed E-state index contributed by atoms with van der Waals surface area (Å²) in [5, 5.41) is 4.26. The lowest BCUT2D eigenvalue weighted by molar-refractivity contribution is 0.0520. The predicted molar refractivity (Wildman–Crippen MR) is 77.2 cm³/mol. The van der Waals surface area contributed by atoms with E-state index < -0.39 is 17.7 Å². The van der Waals surface area contributed by atoms with Gasteiger partial charge in [-0.1, -0.05) is 6.07 Å². The van der Waals surface area contributed by atoms with Gasteiger partial charge in [0, 0.05) is 10.9 Å². The number of carbonyl (C=O) groups excluding carboxylic acids is 2. The van der Waals surface area contributed by atoms with Gasteiger partial charge in [0.05, 0.1) is 6.61 Å². The number of nitrogens with one attached hydrogen (secondary N) is 1. The van der Waals surface area contributed by atoms with E-state index in [-0.39, 0.29) is 23.0 Å². The van der Waals surface area contributed by atoms with Gasteiger partial charge < -0.3 is 4.74 Å². The number of aryl methyl sites for hydroxylation is 1. The maximum absolute atomic E-state index is 13.4. The quantitative estimate of drug-likeness (QED) is 0.882. The van der Waals surface area contributed by atoms with Gasteiger partial charge in [-0.2, -0.15) is 0 Å². The Labute approximate surface area is 124 Å². The van der Waals surface area contributed by atoms with E-state index in [1.807, 2.05) is 0 Å². The first-order valence-corrected chi connectivity index (χ1v) is 7.09. The molecule has 21 heavy (non-hydrogen) atoms. The van der Waals surface area contributed by atoms with E-state index in [1.165, 1.54) is 17.5 Å². The Morgan fingerprint density at radius 1 is 1.43 bits per heavy atom. The van der Waals surface area contributed by atoms with Crippen molar-refractivity contribution >= 4 is 28.3 Å². The Kier molecular flexibility index (Phi) is 4.64. The molecule has 0 aliphatic heterocycles. The van der Waals surface area contributed by atoms with Gasteiger partial charge in [-0.05, 0) is 31.5 Å². The second kappa shape index (κ2) is 6.45. The molecule has 0 unspecified atom stereocenters. The molecule has 1 aromatic heterocycles. The third-order valence-electron chi connectivity index (χ3n) is 2.64. The second-order valence-electron chi connectivity index (χ2n) is 4.18. The van der Waals surface area contributed by atoms with E-state index in [4.69, 9.17) is 4.74 Å². The minimum absolute atomic E-state index is 0.132. The molecule has 1 N–H and O–H groups in total. The van der Waals surface area contributed by atoms with Crippen molar-refractivity contribution in [1.82, 2.24) is 4.98 Å². The summed E-state index contributed by atoms with van der Waals surface area (Å²) in [7, 11) is 0. The number of hydrogen-bond donors (Lipinski definition) is 1. The van der Waals surface area contributed by atoms with E-state index in [0.717, 1.165) is 17.4 Å². The smallest absolute Gasteiger partial charge is 0.357 e. The number of nitrogens with zero attached hydrogens (tertiary/aromatic N) is 1. The van der Waals surface area contributed by atoms with Crippen molar-refractivity contribution in [3.63, 3.8) is 0 Å². The molecular weight excluding hydrogens is 295 g/mol. The number of thiazole rings is 1. The number of benzene rings is 1. The van der Waals surface area contributed by atoms with Crippen molar-refractivity contribution in [2.45, 2.75) is 13.8 Å². The van der Waals surface area contributed by atoms with Crippen LogP contribution in [0.15, 0.2) is 23.6 Å². The minimum Gasteiger partial charge on any atom is -0.461 e. The zero-order chi connectivity index (χ0) is 15.4. The van der Waals surface area contributed by atoms with Crippen LogP contribution in [0.1, 0.15) is 33.3 Å². The third-order valence-corrected chi connectivity index (χ3v) is 3.40. The standard InChI is InChI=1S/C14H13FN2O3S/c1-3-20-13(19)11-7-21-14(16-11)17-12(18)9-5-4-8(2)10(15)6-9/h4-7H,3H2,1-2H3,(H,16,17,18). The van der Waals surface area contributed by atoms with E-state index in [1.54, 1.807) is 13.8 Å². The first-order valence-electron chi connectivity index (χ1n) is 6.21. The average Bonchev–Trinajstić information content (AvgIpc) is 2.90. The molecule has 0 radical (unpaired) electrons. The Hall–Kier alpha value is -2.28. The summed E-state index contributed by atoms with van der Waals surface area (Å²) in [5.41, 5.74) is 0.781. The van der Waals surface area contributed by atoms with E-state index in [0.29, 0.717) is 5.56 Å². The number of carbonyl (C=O) groups is 2. The fourth-order valence-corrected chi connectivity index (χ4v) is 2.21. The summed E-state index contributed by atoms with van der Waals surface area (Å²) >= 11 is 1.10.